The van der Waals surface area contributed by atoms with Gasteiger partial charge in [-0.05, 0) is 33.6 Å². The molecule has 0 aliphatic rings. The Morgan fingerprint density at radius 3 is 2.62 bits per heavy atom. The lowest BCUT2D eigenvalue weighted by Crippen LogP contribution is -2.28. The molecule has 0 saturated carbocycles. The van der Waals surface area contributed by atoms with Gasteiger partial charge in [-0.15, -0.1) is 0 Å². The maximum atomic E-state index is 12.1. The number of aromatic nitrogens is 3. The summed E-state index contributed by atoms with van der Waals surface area (Å²) >= 11 is 3.41. The number of methoxy groups -OCH3 is 1. The SMILES string of the molecule is COc1cc(-c2n[nH]nc2C(N)=O)c(Br)cc1OCC(=O)NCc1ccccc1. The lowest BCUT2D eigenvalue weighted by Gasteiger charge is -2.13. The Morgan fingerprint density at radius 1 is 1.17 bits per heavy atom. The second-order valence-electron chi connectivity index (χ2n) is 5.92. The van der Waals surface area contributed by atoms with E-state index >= 15 is 0 Å². The van der Waals surface area contributed by atoms with Crippen LogP contribution in [0.2, 0.25) is 0 Å². The summed E-state index contributed by atoms with van der Waals surface area (Å²) in [6.07, 6.45) is 0. The Kier molecular flexibility index (Phi) is 6.45. The van der Waals surface area contributed by atoms with Gasteiger partial charge in [0.15, 0.2) is 23.8 Å². The molecule has 1 heterocycles. The van der Waals surface area contributed by atoms with E-state index in [4.69, 9.17) is 15.2 Å². The van der Waals surface area contributed by atoms with E-state index in [9.17, 15) is 9.59 Å². The zero-order valence-corrected chi connectivity index (χ0v) is 17.0. The van der Waals surface area contributed by atoms with Gasteiger partial charge in [0.25, 0.3) is 11.8 Å². The number of aromatic amines is 1. The zero-order chi connectivity index (χ0) is 20.8. The standard InChI is InChI=1S/C19H18BrN5O4/c1-28-14-7-12(17-18(19(21)27)24-25-23-17)13(20)8-15(14)29-10-16(26)22-9-11-5-3-2-4-6-11/h2-8H,9-10H2,1H3,(H2,21,27)(H,22,26)(H,23,24,25). The van der Waals surface area contributed by atoms with Gasteiger partial charge in [0, 0.05) is 16.6 Å². The summed E-state index contributed by atoms with van der Waals surface area (Å²) in [5, 5.41) is 12.9. The molecule has 150 valence electrons. The fourth-order valence-electron chi connectivity index (χ4n) is 2.57. The highest BCUT2D eigenvalue weighted by Crippen LogP contribution is 2.38. The summed E-state index contributed by atoms with van der Waals surface area (Å²) in [7, 11) is 1.47. The predicted octanol–water partition coefficient (Wildman–Crippen LogP) is 2.04. The third-order valence-electron chi connectivity index (χ3n) is 3.98. The molecule has 9 nitrogen and oxygen atoms in total. The van der Waals surface area contributed by atoms with Gasteiger partial charge in [-0.25, -0.2) is 0 Å². The van der Waals surface area contributed by atoms with Gasteiger partial charge >= 0.3 is 0 Å². The van der Waals surface area contributed by atoms with E-state index in [2.05, 4.69) is 36.7 Å². The quantitative estimate of drug-likeness (QED) is 0.472. The molecule has 10 heteroatoms. The normalized spacial score (nSPS) is 10.4. The van der Waals surface area contributed by atoms with Gasteiger partial charge in [0.2, 0.25) is 0 Å². The van der Waals surface area contributed by atoms with Crippen molar-refractivity contribution in [3.05, 3.63) is 58.2 Å². The maximum absolute atomic E-state index is 12.1. The van der Waals surface area contributed by atoms with E-state index < -0.39 is 5.91 Å². The van der Waals surface area contributed by atoms with Crippen molar-refractivity contribution in [3.8, 4) is 22.8 Å². The fourth-order valence-corrected chi connectivity index (χ4v) is 3.08. The number of carbonyl (C=O) groups is 2. The van der Waals surface area contributed by atoms with Crippen LogP contribution in [0.1, 0.15) is 16.1 Å². The van der Waals surface area contributed by atoms with E-state index in [-0.39, 0.29) is 23.9 Å². The summed E-state index contributed by atoms with van der Waals surface area (Å²) in [5.41, 5.74) is 7.12. The summed E-state index contributed by atoms with van der Waals surface area (Å²) < 4.78 is 11.5. The Balaban J connectivity index is 1.71. The van der Waals surface area contributed by atoms with Crippen LogP contribution in [0.3, 0.4) is 0 Å². The van der Waals surface area contributed by atoms with E-state index in [1.54, 1.807) is 12.1 Å². The Bertz CT molecular complexity index is 1020. The average Bonchev–Trinajstić information content (AvgIpc) is 3.21. The van der Waals surface area contributed by atoms with E-state index in [1.165, 1.54) is 7.11 Å². The van der Waals surface area contributed by atoms with E-state index in [0.29, 0.717) is 28.1 Å². The highest BCUT2D eigenvalue weighted by molar-refractivity contribution is 9.10. The predicted molar refractivity (Wildman–Crippen MR) is 108 cm³/mol. The van der Waals surface area contributed by atoms with Crippen LogP contribution in [0, 0.1) is 0 Å². The number of primary amides is 1. The third-order valence-corrected chi connectivity index (χ3v) is 4.64. The number of nitrogens with one attached hydrogen (secondary N) is 2. The molecule has 0 radical (unpaired) electrons. The van der Waals surface area contributed by atoms with Crippen LogP contribution < -0.4 is 20.5 Å². The Labute approximate surface area is 174 Å². The second-order valence-corrected chi connectivity index (χ2v) is 6.77. The molecule has 1 aromatic heterocycles. The van der Waals surface area contributed by atoms with Crippen molar-refractivity contribution in [2.75, 3.05) is 13.7 Å². The molecule has 0 saturated heterocycles. The Hall–Kier alpha value is -3.40. The first kappa shape index (κ1) is 20.3. The highest BCUT2D eigenvalue weighted by Gasteiger charge is 2.20. The van der Waals surface area contributed by atoms with Gasteiger partial charge in [-0.3, -0.25) is 9.59 Å². The smallest absolute Gasteiger partial charge is 0.271 e. The van der Waals surface area contributed by atoms with Crippen molar-refractivity contribution in [1.29, 1.82) is 0 Å². The minimum atomic E-state index is -0.713. The largest absolute Gasteiger partial charge is 0.493 e. The van der Waals surface area contributed by atoms with Crippen LogP contribution in [0.5, 0.6) is 11.5 Å². The monoisotopic (exact) mass is 459 g/mol. The van der Waals surface area contributed by atoms with Gasteiger partial charge in [0.1, 0.15) is 5.69 Å². The fraction of sp³-hybridized carbons (Fsp3) is 0.158. The number of hydrogen-bond acceptors (Lipinski definition) is 6. The van der Waals surface area contributed by atoms with Crippen LogP contribution in [0.15, 0.2) is 46.9 Å². The summed E-state index contributed by atoms with van der Waals surface area (Å²) in [4.78, 5) is 23.6. The molecule has 0 unspecified atom stereocenters. The summed E-state index contributed by atoms with van der Waals surface area (Å²) in [6, 6.07) is 12.8. The van der Waals surface area contributed by atoms with Crippen LogP contribution in [0.4, 0.5) is 0 Å². The molecule has 0 aliphatic heterocycles. The number of H-pyrrole nitrogens is 1. The molecule has 3 aromatic rings. The van der Waals surface area contributed by atoms with Crippen molar-refractivity contribution in [1.82, 2.24) is 20.7 Å². The number of carbonyl (C=O) groups excluding carboxylic acids is 2. The molecular weight excluding hydrogens is 442 g/mol. The first-order valence-electron chi connectivity index (χ1n) is 8.51. The highest BCUT2D eigenvalue weighted by atomic mass is 79.9. The minimum Gasteiger partial charge on any atom is -0.493 e. The molecule has 0 atom stereocenters. The molecule has 4 N–H and O–H groups in total. The number of benzene rings is 2. The number of nitrogens with zero attached hydrogens (tertiary/aromatic N) is 2. The zero-order valence-electron chi connectivity index (χ0n) is 15.4. The number of rotatable bonds is 8. The van der Waals surface area contributed by atoms with Crippen LogP contribution >= 0.6 is 15.9 Å². The lowest BCUT2D eigenvalue weighted by molar-refractivity contribution is -0.123. The maximum Gasteiger partial charge on any atom is 0.271 e. The van der Waals surface area contributed by atoms with Gasteiger partial charge in [-0.2, -0.15) is 15.4 Å². The van der Waals surface area contributed by atoms with Crippen LogP contribution in [-0.4, -0.2) is 40.9 Å². The van der Waals surface area contributed by atoms with Crippen LogP contribution in [-0.2, 0) is 11.3 Å². The molecule has 3 rings (SSSR count). The molecule has 2 amide bonds. The molecule has 2 aromatic carbocycles. The molecular formula is C19H18BrN5O4. The van der Waals surface area contributed by atoms with Crippen molar-refractivity contribution < 1.29 is 19.1 Å². The summed E-state index contributed by atoms with van der Waals surface area (Å²) in [6.45, 7) is 0.219. The van der Waals surface area contributed by atoms with E-state index in [0.717, 1.165) is 5.56 Å². The van der Waals surface area contributed by atoms with Crippen molar-refractivity contribution in [3.63, 3.8) is 0 Å². The van der Waals surface area contributed by atoms with Gasteiger partial charge < -0.3 is 20.5 Å². The first-order chi connectivity index (χ1) is 14.0. The molecule has 0 spiro atoms. The molecule has 29 heavy (non-hydrogen) atoms. The van der Waals surface area contributed by atoms with Crippen LogP contribution in [0.25, 0.3) is 11.3 Å². The number of hydrogen-bond donors (Lipinski definition) is 3. The van der Waals surface area contributed by atoms with E-state index in [1.807, 2.05) is 30.3 Å². The van der Waals surface area contributed by atoms with Crippen molar-refractivity contribution in [2.45, 2.75) is 6.54 Å². The summed E-state index contributed by atoms with van der Waals surface area (Å²) in [5.74, 6) is -0.279. The molecule has 0 bridgehead atoms. The van der Waals surface area contributed by atoms with Crippen molar-refractivity contribution in [2.24, 2.45) is 5.73 Å². The van der Waals surface area contributed by atoms with Gasteiger partial charge in [-0.1, -0.05) is 30.3 Å². The average molecular weight is 460 g/mol. The molecule has 0 fully saturated rings. The topological polar surface area (TPSA) is 132 Å². The number of halogens is 1. The minimum absolute atomic E-state index is 0.00158. The second kappa shape index (κ2) is 9.20. The number of amides is 2. The van der Waals surface area contributed by atoms with Crippen molar-refractivity contribution >= 4 is 27.7 Å². The Morgan fingerprint density at radius 2 is 1.93 bits per heavy atom. The molecule has 0 aliphatic carbocycles. The number of ether oxygens (including phenoxy) is 2. The van der Waals surface area contributed by atoms with Gasteiger partial charge in [0.05, 0.1) is 7.11 Å². The third kappa shape index (κ3) is 4.91. The lowest BCUT2D eigenvalue weighted by atomic mass is 10.1. The number of nitrogens with two attached hydrogens (primary N) is 1. The first-order valence-corrected chi connectivity index (χ1v) is 9.30.